The number of amides is 4. The van der Waals surface area contributed by atoms with Crippen molar-refractivity contribution in [2.45, 2.75) is 44.8 Å². The van der Waals surface area contributed by atoms with Crippen molar-refractivity contribution in [3.63, 3.8) is 0 Å². The van der Waals surface area contributed by atoms with Crippen LogP contribution in [0.1, 0.15) is 44.4 Å². The third kappa shape index (κ3) is 4.61. The maximum absolute atomic E-state index is 13.0. The summed E-state index contributed by atoms with van der Waals surface area (Å²) in [6.45, 7) is 7.07. The molecule has 0 saturated carbocycles. The number of alkyl halides is 3. The number of benzene rings is 2. The summed E-state index contributed by atoms with van der Waals surface area (Å²) in [6.07, 6.45) is -4.56. The molecule has 2 aromatic rings. The average molecular weight is 447 g/mol. The molecule has 1 aliphatic heterocycles. The molecule has 1 fully saturated rings. The molecule has 0 aliphatic carbocycles. The molecule has 170 valence electrons. The van der Waals surface area contributed by atoms with Crippen molar-refractivity contribution in [2.75, 3.05) is 11.9 Å². The van der Waals surface area contributed by atoms with Gasteiger partial charge in [0.25, 0.3) is 5.91 Å². The van der Waals surface area contributed by atoms with E-state index in [1.165, 1.54) is 6.07 Å². The van der Waals surface area contributed by atoms with Crippen LogP contribution < -0.4 is 10.6 Å². The Kier molecular flexibility index (Phi) is 5.80. The predicted octanol–water partition coefficient (Wildman–Crippen LogP) is 4.41. The van der Waals surface area contributed by atoms with Crippen LogP contribution in [0.3, 0.4) is 0 Å². The van der Waals surface area contributed by atoms with Gasteiger partial charge in [-0.15, -0.1) is 0 Å². The van der Waals surface area contributed by atoms with Gasteiger partial charge in [-0.25, -0.2) is 4.79 Å². The molecule has 1 aliphatic rings. The second-order valence-electron chi connectivity index (χ2n) is 8.90. The zero-order chi connectivity index (χ0) is 23.9. The molecule has 9 heteroatoms. The molecule has 32 heavy (non-hydrogen) atoms. The van der Waals surface area contributed by atoms with Gasteiger partial charge in [-0.2, -0.15) is 13.2 Å². The number of rotatable bonds is 4. The van der Waals surface area contributed by atoms with Crippen molar-refractivity contribution in [3.05, 3.63) is 65.2 Å². The summed E-state index contributed by atoms with van der Waals surface area (Å²) in [5.74, 6) is -1.41. The Morgan fingerprint density at radius 3 is 2.22 bits per heavy atom. The summed E-state index contributed by atoms with van der Waals surface area (Å²) in [6, 6.07) is 10.6. The highest BCUT2D eigenvalue weighted by Gasteiger charge is 2.49. The number of hydrogen-bond acceptors (Lipinski definition) is 3. The maximum atomic E-state index is 13.0. The molecular weight excluding hydrogens is 423 g/mol. The highest BCUT2D eigenvalue weighted by Crippen LogP contribution is 2.32. The smallest absolute Gasteiger partial charge is 0.325 e. The third-order valence-corrected chi connectivity index (χ3v) is 5.38. The van der Waals surface area contributed by atoms with Crippen LogP contribution in [0, 0.1) is 0 Å². The summed E-state index contributed by atoms with van der Waals surface area (Å²) in [5, 5.41) is 4.91. The molecule has 2 N–H and O–H groups in total. The summed E-state index contributed by atoms with van der Waals surface area (Å²) < 4.78 is 38.6. The van der Waals surface area contributed by atoms with Crippen molar-refractivity contribution >= 4 is 23.5 Å². The van der Waals surface area contributed by atoms with Crippen LogP contribution in [0.25, 0.3) is 0 Å². The number of imide groups is 1. The van der Waals surface area contributed by atoms with Gasteiger partial charge < -0.3 is 10.6 Å². The average Bonchev–Trinajstić information content (AvgIpc) is 2.91. The van der Waals surface area contributed by atoms with Gasteiger partial charge in [0.1, 0.15) is 12.1 Å². The molecule has 1 atom stereocenters. The Hall–Kier alpha value is -3.36. The highest BCUT2D eigenvalue weighted by molar-refractivity contribution is 6.10. The van der Waals surface area contributed by atoms with Gasteiger partial charge in [-0.05, 0) is 41.7 Å². The molecule has 1 saturated heterocycles. The Bertz CT molecular complexity index is 1060. The molecule has 0 radical (unpaired) electrons. The lowest BCUT2D eigenvalue weighted by Crippen LogP contribution is -2.42. The summed E-state index contributed by atoms with van der Waals surface area (Å²) >= 11 is 0. The van der Waals surface area contributed by atoms with Crippen molar-refractivity contribution in [2.24, 2.45) is 0 Å². The minimum Gasteiger partial charge on any atom is -0.325 e. The zero-order valence-electron chi connectivity index (χ0n) is 18.1. The Labute approximate surface area is 183 Å². The lowest BCUT2D eigenvalue weighted by atomic mass is 9.84. The predicted molar refractivity (Wildman–Crippen MR) is 113 cm³/mol. The van der Waals surface area contributed by atoms with E-state index in [9.17, 15) is 27.6 Å². The monoisotopic (exact) mass is 447 g/mol. The minimum absolute atomic E-state index is 0.0857. The highest BCUT2D eigenvalue weighted by atomic mass is 19.4. The number of carbonyl (C=O) groups is 3. The Morgan fingerprint density at radius 2 is 1.66 bits per heavy atom. The van der Waals surface area contributed by atoms with E-state index in [0.717, 1.165) is 28.7 Å². The first-order valence-electron chi connectivity index (χ1n) is 9.94. The summed E-state index contributed by atoms with van der Waals surface area (Å²) in [7, 11) is 0. The van der Waals surface area contributed by atoms with E-state index < -0.39 is 41.7 Å². The van der Waals surface area contributed by atoms with Gasteiger partial charge in [-0.1, -0.05) is 51.1 Å². The number of halogens is 3. The van der Waals surface area contributed by atoms with E-state index in [1.807, 2.05) is 12.1 Å². The van der Waals surface area contributed by atoms with Gasteiger partial charge >= 0.3 is 12.2 Å². The van der Waals surface area contributed by atoms with Gasteiger partial charge in [0.05, 0.1) is 5.56 Å². The van der Waals surface area contributed by atoms with Crippen molar-refractivity contribution in [3.8, 4) is 0 Å². The van der Waals surface area contributed by atoms with Crippen molar-refractivity contribution in [1.29, 1.82) is 0 Å². The van der Waals surface area contributed by atoms with E-state index in [1.54, 1.807) is 19.1 Å². The lowest BCUT2D eigenvalue weighted by Gasteiger charge is -2.24. The molecule has 4 amide bonds. The molecule has 2 aromatic carbocycles. The molecule has 0 spiro atoms. The number of hydrogen-bond donors (Lipinski definition) is 2. The number of urea groups is 1. The first kappa shape index (κ1) is 23.3. The maximum Gasteiger partial charge on any atom is 0.416 e. The van der Waals surface area contributed by atoms with Crippen molar-refractivity contribution in [1.82, 2.24) is 10.2 Å². The summed E-state index contributed by atoms with van der Waals surface area (Å²) in [4.78, 5) is 38.6. The topological polar surface area (TPSA) is 78.5 Å². The number of nitrogens with one attached hydrogen (secondary N) is 2. The van der Waals surface area contributed by atoms with Crippen LogP contribution >= 0.6 is 0 Å². The number of nitrogens with zero attached hydrogens (tertiary/aromatic N) is 1. The molecule has 6 nitrogen and oxygen atoms in total. The van der Waals surface area contributed by atoms with Crippen LogP contribution in [-0.4, -0.2) is 29.3 Å². The van der Waals surface area contributed by atoms with E-state index in [0.29, 0.717) is 5.56 Å². The van der Waals surface area contributed by atoms with Crippen LogP contribution in [0.2, 0.25) is 0 Å². The van der Waals surface area contributed by atoms with E-state index in [4.69, 9.17) is 0 Å². The molecule has 0 aromatic heterocycles. The van der Waals surface area contributed by atoms with Crippen LogP contribution in [0.15, 0.2) is 48.5 Å². The molecule has 0 bridgehead atoms. The van der Waals surface area contributed by atoms with Crippen molar-refractivity contribution < 1.29 is 27.6 Å². The molecular formula is C23H24F3N3O3. The third-order valence-electron chi connectivity index (χ3n) is 5.38. The Morgan fingerprint density at radius 1 is 1.03 bits per heavy atom. The van der Waals surface area contributed by atoms with Crippen LogP contribution in [-0.2, 0) is 26.7 Å². The first-order valence-corrected chi connectivity index (χ1v) is 9.94. The van der Waals surface area contributed by atoms with E-state index >= 15 is 0 Å². The minimum atomic E-state index is -4.56. The molecule has 1 heterocycles. The SMILES string of the molecule is CC(C)(C)c1ccc(C2(C)NC(=O)N(CC(=O)Nc3cccc(C(F)(F)F)c3)C2=O)cc1. The van der Waals surface area contributed by atoms with Gasteiger partial charge in [-0.3, -0.25) is 14.5 Å². The quantitative estimate of drug-likeness (QED) is 0.682. The van der Waals surface area contributed by atoms with E-state index in [2.05, 4.69) is 31.4 Å². The second kappa shape index (κ2) is 7.96. The lowest BCUT2D eigenvalue weighted by molar-refractivity contribution is -0.137. The molecule has 3 rings (SSSR count). The first-order chi connectivity index (χ1) is 14.7. The normalized spacial score (nSPS) is 19.2. The van der Waals surface area contributed by atoms with E-state index in [-0.39, 0.29) is 11.1 Å². The number of anilines is 1. The van der Waals surface area contributed by atoms with Crippen LogP contribution in [0.5, 0.6) is 0 Å². The summed E-state index contributed by atoms with van der Waals surface area (Å²) in [5.41, 5.74) is -0.836. The standard InChI is InChI=1S/C23H24F3N3O3/c1-21(2,3)14-8-10-15(11-9-14)22(4)19(31)29(20(32)28-22)13-18(30)27-17-7-5-6-16(12-17)23(24,25)26/h5-12H,13H2,1-4H3,(H,27,30)(H,28,32). The fourth-order valence-corrected chi connectivity index (χ4v) is 3.46. The number of carbonyl (C=O) groups excluding carboxylic acids is 3. The largest absolute Gasteiger partial charge is 0.416 e. The second-order valence-corrected chi connectivity index (χ2v) is 8.90. The molecule has 1 unspecified atom stereocenters. The van der Waals surface area contributed by atoms with Crippen LogP contribution in [0.4, 0.5) is 23.7 Å². The van der Waals surface area contributed by atoms with Gasteiger partial charge in [0, 0.05) is 5.69 Å². The Balaban J connectivity index is 1.74. The zero-order valence-corrected chi connectivity index (χ0v) is 18.1. The fourth-order valence-electron chi connectivity index (χ4n) is 3.46. The van der Waals surface area contributed by atoms with Gasteiger partial charge in [0.2, 0.25) is 5.91 Å². The van der Waals surface area contributed by atoms with Gasteiger partial charge in [0.15, 0.2) is 0 Å². The fraction of sp³-hybridized carbons (Fsp3) is 0.348.